The SMILES string of the molecule is Cc1c(NC(=O)c2cnn(-c3ccccn3)c2C(C)C)c(=O)n(-c2ccccc2)n1C. The van der Waals surface area contributed by atoms with Crippen LogP contribution in [0.25, 0.3) is 11.5 Å². The number of benzene rings is 1. The van der Waals surface area contributed by atoms with Crippen LogP contribution < -0.4 is 10.9 Å². The van der Waals surface area contributed by atoms with Gasteiger partial charge in [0.1, 0.15) is 5.69 Å². The van der Waals surface area contributed by atoms with E-state index in [0.717, 1.165) is 11.4 Å². The van der Waals surface area contributed by atoms with Gasteiger partial charge in [-0.1, -0.05) is 38.1 Å². The van der Waals surface area contributed by atoms with Gasteiger partial charge >= 0.3 is 0 Å². The Morgan fingerprint density at radius 3 is 2.42 bits per heavy atom. The predicted molar refractivity (Wildman–Crippen MR) is 119 cm³/mol. The Hall–Kier alpha value is -3.94. The van der Waals surface area contributed by atoms with Crippen molar-refractivity contribution in [3.8, 4) is 11.5 Å². The second kappa shape index (κ2) is 8.06. The average Bonchev–Trinajstić information content (AvgIpc) is 3.31. The lowest BCUT2D eigenvalue weighted by Crippen LogP contribution is -2.23. The zero-order valence-corrected chi connectivity index (χ0v) is 17.9. The van der Waals surface area contributed by atoms with Gasteiger partial charge in [0.25, 0.3) is 11.5 Å². The van der Waals surface area contributed by atoms with Gasteiger partial charge in [-0.15, -0.1) is 0 Å². The summed E-state index contributed by atoms with van der Waals surface area (Å²) in [6, 6.07) is 14.8. The highest BCUT2D eigenvalue weighted by atomic mass is 16.2. The topological polar surface area (TPSA) is 86.7 Å². The number of carbonyl (C=O) groups is 1. The first kappa shape index (κ1) is 20.3. The molecule has 31 heavy (non-hydrogen) atoms. The van der Waals surface area contributed by atoms with Crippen molar-refractivity contribution < 1.29 is 4.79 Å². The molecular formula is C23H24N6O2. The van der Waals surface area contributed by atoms with Gasteiger partial charge in [-0.3, -0.25) is 14.3 Å². The summed E-state index contributed by atoms with van der Waals surface area (Å²) in [5.41, 5.74) is 2.48. The molecule has 4 aromatic rings. The van der Waals surface area contributed by atoms with E-state index in [1.165, 1.54) is 10.9 Å². The lowest BCUT2D eigenvalue weighted by Gasteiger charge is -2.12. The third kappa shape index (κ3) is 3.56. The van der Waals surface area contributed by atoms with Crippen LogP contribution in [0.1, 0.15) is 41.5 Å². The number of nitrogens with zero attached hydrogens (tertiary/aromatic N) is 5. The van der Waals surface area contributed by atoms with Crippen molar-refractivity contribution in [3.05, 3.63) is 88.2 Å². The first-order chi connectivity index (χ1) is 14.9. The molecular weight excluding hydrogens is 392 g/mol. The molecule has 3 heterocycles. The molecule has 3 aromatic heterocycles. The number of pyridine rings is 1. The van der Waals surface area contributed by atoms with Crippen LogP contribution in [0.4, 0.5) is 5.69 Å². The van der Waals surface area contributed by atoms with Crippen LogP contribution in [-0.4, -0.2) is 30.0 Å². The summed E-state index contributed by atoms with van der Waals surface area (Å²) >= 11 is 0. The molecule has 158 valence electrons. The van der Waals surface area contributed by atoms with Gasteiger partial charge in [-0.2, -0.15) is 5.10 Å². The maximum atomic E-state index is 13.2. The van der Waals surface area contributed by atoms with Gasteiger partial charge in [-0.05, 0) is 37.1 Å². The van der Waals surface area contributed by atoms with Crippen molar-refractivity contribution in [2.45, 2.75) is 26.7 Å². The van der Waals surface area contributed by atoms with Crippen LogP contribution in [0.3, 0.4) is 0 Å². The maximum Gasteiger partial charge on any atom is 0.295 e. The van der Waals surface area contributed by atoms with E-state index in [9.17, 15) is 9.59 Å². The largest absolute Gasteiger partial charge is 0.316 e. The van der Waals surface area contributed by atoms with Gasteiger partial charge in [0.2, 0.25) is 0 Å². The maximum absolute atomic E-state index is 13.2. The number of para-hydroxylation sites is 1. The number of hydrogen-bond acceptors (Lipinski definition) is 4. The van der Waals surface area contributed by atoms with E-state index >= 15 is 0 Å². The van der Waals surface area contributed by atoms with Gasteiger partial charge in [-0.25, -0.2) is 14.3 Å². The van der Waals surface area contributed by atoms with E-state index in [1.807, 2.05) is 62.4 Å². The molecule has 0 aliphatic rings. The molecule has 0 aliphatic heterocycles. The van der Waals surface area contributed by atoms with E-state index in [-0.39, 0.29) is 23.1 Å². The second-order valence-corrected chi connectivity index (χ2v) is 7.59. The highest BCUT2D eigenvalue weighted by Gasteiger charge is 2.24. The molecule has 1 N–H and O–H groups in total. The molecule has 0 saturated heterocycles. The molecule has 0 unspecified atom stereocenters. The lowest BCUT2D eigenvalue weighted by molar-refractivity contribution is 0.102. The van der Waals surface area contributed by atoms with Crippen molar-refractivity contribution >= 4 is 11.6 Å². The van der Waals surface area contributed by atoms with Crippen molar-refractivity contribution in [1.29, 1.82) is 0 Å². The fraction of sp³-hybridized carbons (Fsp3) is 0.217. The molecule has 0 fully saturated rings. The Morgan fingerprint density at radius 1 is 1.06 bits per heavy atom. The zero-order chi connectivity index (χ0) is 22.1. The van der Waals surface area contributed by atoms with Crippen LogP contribution in [0.5, 0.6) is 0 Å². The Bertz CT molecular complexity index is 1280. The smallest absolute Gasteiger partial charge is 0.295 e. The Labute approximate surface area is 179 Å². The van der Waals surface area contributed by atoms with Crippen LogP contribution >= 0.6 is 0 Å². The first-order valence-electron chi connectivity index (χ1n) is 10.0. The molecule has 4 rings (SSSR count). The summed E-state index contributed by atoms with van der Waals surface area (Å²) in [5, 5.41) is 7.21. The fourth-order valence-electron chi connectivity index (χ4n) is 3.64. The van der Waals surface area contributed by atoms with Gasteiger partial charge in [0.05, 0.1) is 28.8 Å². The molecule has 0 bridgehead atoms. The van der Waals surface area contributed by atoms with Crippen LogP contribution in [0.2, 0.25) is 0 Å². The van der Waals surface area contributed by atoms with Crippen molar-refractivity contribution in [1.82, 2.24) is 24.1 Å². The van der Waals surface area contributed by atoms with Gasteiger partial charge < -0.3 is 5.32 Å². The number of nitrogens with one attached hydrogen (secondary N) is 1. The van der Waals surface area contributed by atoms with Crippen LogP contribution in [0, 0.1) is 6.92 Å². The Morgan fingerprint density at radius 2 is 1.77 bits per heavy atom. The predicted octanol–water partition coefficient (Wildman–Crippen LogP) is 3.44. The molecule has 0 spiro atoms. The van der Waals surface area contributed by atoms with E-state index in [0.29, 0.717) is 17.1 Å². The number of carbonyl (C=O) groups excluding carboxylic acids is 1. The minimum Gasteiger partial charge on any atom is -0.316 e. The summed E-state index contributed by atoms with van der Waals surface area (Å²) in [5.74, 6) is 0.271. The monoisotopic (exact) mass is 416 g/mol. The molecule has 1 aromatic carbocycles. The number of aromatic nitrogens is 5. The minimum atomic E-state index is -0.378. The molecule has 0 saturated carbocycles. The standard InChI is InChI=1S/C23H24N6O2/c1-15(2)21-18(14-25-28(21)19-12-8-9-13-24-19)22(30)26-20-16(3)27(4)29(23(20)31)17-10-6-5-7-11-17/h5-15H,1-4H3,(H,26,30). The Balaban J connectivity index is 1.74. The molecule has 8 nitrogen and oxygen atoms in total. The quantitative estimate of drug-likeness (QED) is 0.540. The van der Waals surface area contributed by atoms with Gasteiger partial charge in [0, 0.05) is 13.2 Å². The van der Waals surface area contributed by atoms with Crippen LogP contribution in [-0.2, 0) is 7.05 Å². The van der Waals surface area contributed by atoms with Crippen LogP contribution in [0.15, 0.2) is 65.7 Å². The number of rotatable bonds is 5. The van der Waals surface area contributed by atoms with Gasteiger partial charge in [0.15, 0.2) is 5.82 Å². The van der Waals surface area contributed by atoms with Crippen molar-refractivity contribution in [2.24, 2.45) is 7.05 Å². The molecule has 1 amide bonds. The summed E-state index contributed by atoms with van der Waals surface area (Å²) in [6.07, 6.45) is 3.20. The minimum absolute atomic E-state index is 0.0168. The highest BCUT2D eigenvalue weighted by molar-refractivity contribution is 6.05. The number of anilines is 1. The molecule has 8 heteroatoms. The Kier molecular flexibility index (Phi) is 5.29. The molecule has 0 radical (unpaired) electrons. The average molecular weight is 416 g/mol. The zero-order valence-electron chi connectivity index (χ0n) is 17.9. The first-order valence-corrected chi connectivity index (χ1v) is 10.0. The number of hydrogen-bond donors (Lipinski definition) is 1. The molecule has 0 atom stereocenters. The summed E-state index contributed by atoms with van der Waals surface area (Å²) in [7, 11) is 1.79. The fourth-order valence-corrected chi connectivity index (χ4v) is 3.64. The van der Waals surface area contributed by atoms with E-state index < -0.39 is 0 Å². The third-order valence-corrected chi connectivity index (χ3v) is 5.26. The summed E-state index contributed by atoms with van der Waals surface area (Å²) in [4.78, 5) is 30.7. The van der Waals surface area contributed by atoms with E-state index in [2.05, 4.69) is 15.4 Å². The van der Waals surface area contributed by atoms with E-state index in [1.54, 1.807) is 29.5 Å². The molecule has 0 aliphatic carbocycles. The number of amides is 1. The second-order valence-electron chi connectivity index (χ2n) is 7.59. The van der Waals surface area contributed by atoms with Crippen molar-refractivity contribution in [2.75, 3.05) is 5.32 Å². The van der Waals surface area contributed by atoms with E-state index in [4.69, 9.17) is 0 Å². The van der Waals surface area contributed by atoms with Crippen molar-refractivity contribution in [3.63, 3.8) is 0 Å². The normalized spacial score (nSPS) is 11.1. The lowest BCUT2D eigenvalue weighted by atomic mass is 10.1. The highest BCUT2D eigenvalue weighted by Crippen LogP contribution is 2.23. The summed E-state index contributed by atoms with van der Waals surface area (Å²) in [6.45, 7) is 5.78. The summed E-state index contributed by atoms with van der Waals surface area (Å²) < 4.78 is 4.93. The third-order valence-electron chi connectivity index (χ3n) is 5.26.